The van der Waals surface area contributed by atoms with E-state index in [2.05, 4.69) is 254 Å². The van der Waals surface area contributed by atoms with Gasteiger partial charge in [-0.05, 0) is 132 Å². The smallest absolute Gasteiger partial charge is 0.159 e. The molecule has 0 atom stereocenters. The Balaban J connectivity index is 0.968. The fourth-order valence-electron chi connectivity index (χ4n) is 9.55. The van der Waals surface area contributed by atoms with Crippen LogP contribution in [0.2, 0.25) is 0 Å². The van der Waals surface area contributed by atoms with Gasteiger partial charge in [-0.15, -0.1) is 0 Å². The Kier molecular flexibility index (Phi) is 9.20. The highest BCUT2D eigenvalue weighted by molar-refractivity contribution is 6.14. The van der Waals surface area contributed by atoms with Crippen LogP contribution < -0.4 is 4.90 Å². The lowest BCUT2D eigenvalue weighted by Gasteiger charge is -2.26. The summed E-state index contributed by atoms with van der Waals surface area (Å²) in [5.41, 5.74) is 16.6. The number of nitrogens with zero attached hydrogens (tertiary/aromatic N) is 1. The first-order valence-electron chi connectivity index (χ1n) is 21.9. The van der Waals surface area contributed by atoms with Crippen LogP contribution in [0.25, 0.3) is 99.1 Å². The first-order valence-corrected chi connectivity index (χ1v) is 21.9. The lowest BCUT2D eigenvalue weighted by atomic mass is 9.92. The minimum absolute atomic E-state index is 0.848. The van der Waals surface area contributed by atoms with Crippen molar-refractivity contribution in [3.8, 4) is 55.6 Å². The van der Waals surface area contributed by atoms with Crippen molar-refractivity contribution >= 4 is 60.5 Å². The van der Waals surface area contributed by atoms with Crippen LogP contribution in [0.4, 0.5) is 17.1 Å². The van der Waals surface area contributed by atoms with Gasteiger partial charge < -0.3 is 9.32 Å². The van der Waals surface area contributed by atoms with Gasteiger partial charge in [-0.25, -0.2) is 0 Å². The standard InChI is InChI=1S/C62H41NO/c1-3-15-42(16-4-1)47-33-38-61-59(40-47)57-27-14-28-60(62(57)64-61)63(51-36-31-45(32-37-51)53-23-10-9-22-52(53)44-17-5-2-6-18-44)50-34-29-43(30-35-50)46-20-13-21-48(39-46)58-41-49-19-7-8-24-54(49)55-25-11-12-26-56(55)58/h1-41H. The largest absolute Gasteiger partial charge is 0.454 e. The van der Waals surface area contributed by atoms with Crippen molar-refractivity contribution in [2.45, 2.75) is 0 Å². The summed E-state index contributed by atoms with van der Waals surface area (Å²) in [6.45, 7) is 0. The van der Waals surface area contributed by atoms with E-state index >= 15 is 0 Å². The average molecular weight is 816 g/mol. The van der Waals surface area contributed by atoms with E-state index in [-0.39, 0.29) is 0 Å². The molecule has 0 unspecified atom stereocenters. The minimum Gasteiger partial charge on any atom is -0.454 e. The lowest BCUT2D eigenvalue weighted by Crippen LogP contribution is -2.10. The molecular formula is C62H41NO. The van der Waals surface area contributed by atoms with Crippen LogP contribution in [0.1, 0.15) is 0 Å². The molecule has 0 N–H and O–H groups in total. The summed E-state index contributed by atoms with van der Waals surface area (Å²) >= 11 is 0. The molecule has 0 radical (unpaired) electrons. The molecule has 0 spiro atoms. The van der Waals surface area contributed by atoms with E-state index in [0.717, 1.165) is 55.7 Å². The number of hydrogen-bond acceptors (Lipinski definition) is 2. The van der Waals surface area contributed by atoms with E-state index in [1.54, 1.807) is 0 Å². The quantitative estimate of drug-likeness (QED) is 0.142. The molecule has 0 aliphatic heterocycles. The molecule has 300 valence electrons. The van der Waals surface area contributed by atoms with Crippen molar-refractivity contribution < 1.29 is 4.42 Å². The molecule has 11 aromatic carbocycles. The minimum atomic E-state index is 0.848. The molecule has 0 saturated heterocycles. The van der Waals surface area contributed by atoms with E-state index in [1.807, 2.05) is 0 Å². The van der Waals surface area contributed by atoms with E-state index in [4.69, 9.17) is 4.42 Å². The van der Waals surface area contributed by atoms with Gasteiger partial charge in [0, 0.05) is 22.1 Å². The van der Waals surface area contributed by atoms with Crippen LogP contribution in [0.5, 0.6) is 0 Å². The van der Waals surface area contributed by atoms with Crippen LogP contribution in [0.15, 0.2) is 253 Å². The van der Waals surface area contributed by atoms with Gasteiger partial charge in [0.2, 0.25) is 0 Å². The van der Waals surface area contributed by atoms with Crippen LogP contribution in [0.3, 0.4) is 0 Å². The molecule has 1 heterocycles. The van der Waals surface area contributed by atoms with Gasteiger partial charge in [0.1, 0.15) is 5.58 Å². The Hall–Kier alpha value is -8.46. The van der Waals surface area contributed by atoms with Gasteiger partial charge in [0.25, 0.3) is 0 Å². The second kappa shape index (κ2) is 15.8. The van der Waals surface area contributed by atoms with Crippen molar-refractivity contribution in [3.63, 3.8) is 0 Å². The normalized spacial score (nSPS) is 11.4. The Morgan fingerprint density at radius 2 is 0.766 bits per heavy atom. The van der Waals surface area contributed by atoms with Crippen molar-refractivity contribution in [2.24, 2.45) is 0 Å². The molecule has 0 aliphatic rings. The van der Waals surface area contributed by atoms with Crippen molar-refractivity contribution in [2.75, 3.05) is 4.90 Å². The molecule has 0 bridgehead atoms. The van der Waals surface area contributed by atoms with E-state index < -0.39 is 0 Å². The Bertz CT molecular complexity index is 3640. The summed E-state index contributed by atoms with van der Waals surface area (Å²) < 4.78 is 6.82. The summed E-state index contributed by atoms with van der Waals surface area (Å²) in [6.07, 6.45) is 0. The molecule has 1 aromatic heterocycles. The molecule has 12 aromatic rings. The predicted octanol–water partition coefficient (Wildman–Crippen LogP) is 17.7. The third-order valence-electron chi connectivity index (χ3n) is 12.7. The van der Waals surface area contributed by atoms with E-state index in [9.17, 15) is 0 Å². The number of para-hydroxylation sites is 1. The average Bonchev–Trinajstić information content (AvgIpc) is 3.76. The number of fused-ring (bicyclic) bond motifs is 6. The highest BCUT2D eigenvalue weighted by atomic mass is 16.3. The second-order valence-electron chi connectivity index (χ2n) is 16.4. The fraction of sp³-hybridized carbons (Fsp3) is 0. The molecule has 0 saturated carbocycles. The van der Waals surface area contributed by atoms with Gasteiger partial charge in [0.15, 0.2) is 5.58 Å². The lowest BCUT2D eigenvalue weighted by molar-refractivity contribution is 0.669. The zero-order chi connectivity index (χ0) is 42.4. The molecule has 0 fully saturated rings. The fourth-order valence-corrected chi connectivity index (χ4v) is 9.55. The summed E-state index contributed by atoms with van der Waals surface area (Å²) in [6, 6.07) is 89.5. The maximum atomic E-state index is 6.82. The van der Waals surface area contributed by atoms with Gasteiger partial charge >= 0.3 is 0 Å². The van der Waals surface area contributed by atoms with E-state index in [1.165, 1.54) is 60.5 Å². The highest BCUT2D eigenvalue weighted by Crippen LogP contribution is 2.44. The number of furan rings is 1. The summed E-state index contributed by atoms with van der Waals surface area (Å²) in [7, 11) is 0. The summed E-state index contributed by atoms with van der Waals surface area (Å²) in [5, 5.41) is 7.24. The molecule has 64 heavy (non-hydrogen) atoms. The zero-order valence-corrected chi connectivity index (χ0v) is 35.0. The monoisotopic (exact) mass is 815 g/mol. The van der Waals surface area contributed by atoms with Crippen molar-refractivity contribution in [1.82, 2.24) is 0 Å². The van der Waals surface area contributed by atoms with Crippen LogP contribution in [-0.4, -0.2) is 0 Å². The van der Waals surface area contributed by atoms with Crippen LogP contribution in [0, 0.1) is 0 Å². The van der Waals surface area contributed by atoms with Gasteiger partial charge in [-0.1, -0.05) is 194 Å². The number of anilines is 3. The topological polar surface area (TPSA) is 16.4 Å². The Morgan fingerprint density at radius 3 is 1.50 bits per heavy atom. The highest BCUT2D eigenvalue weighted by Gasteiger charge is 2.21. The molecule has 0 amide bonds. The molecule has 2 heteroatoms. The zero-order valence-electron chi connectivity index (χ0n) is 35.0. The number of benzene rings is 11. The summed E-state index contributed by atoms with van der Waals surface area (Å²) in [5.74, 6) is 0. The number of hydrogen-bond donors (Lipinski definition) is 0. The van der Waals surface area contributed by atoms with Crippen LogP contribution in [-0.2, 0) is 0 Å². The maximum absolute atomic E-state index is 6.82. The first kappa shape index (κ1) is 37.3. The van der Waals surface area contributed by atoms with Crippen molar-refractivity contribution in [3.05, 3.63) is 249 Å². The third-order valence-corrected chi connectivity index (χ3v) is 12.7. The second-order valence-corrected chi connectivity index (χ2v) is 16.4. The van der Waals surface area contributed by atoms with Crippen molar-refractivity contribution in [1.29, 1.82) is 0 Å². The van der Waals surface area contributed by atoms with Gasteiger partial charge in [-0.2, -0.15) is 0 Å². The predicted molar refractivity (Wildman–Crippen MR) is 271 cm³/mol. The SMILES string of the molecule is c1ccc(-c2ccc3oc4c(N(c5ccc(-c6cccc(-c7cc8ccccc8c8ccccc78)c6)cc5)c5ccc(-c6ccccc6-c6ccccc6)cc5)cccc4c3c2)cc1. The maximum Gasteiger partial charge on any atom is 0.159 e. The van der Waals surface area contributed by atoms with Gasteiger partial charge in [-0.3, -0.25) is 0 Å². The van der Waals surface area contributed by atoms with Gasteiger partial charge in [0.05, 0.1) is 5.69 Å². The molecule has 12 rings (SSSR count). The molecule has 2 nitrogen and oxygen atoms in total. The Morgan fingerprint density at radius 1 is 0.266 bits per heavy atom. The van der Waals surface area contributed by atoms with E-state index in [0.29, 0.717) is 0 Å². The van der Waals surface area contributed by atoms with Crippen LogP contribution >= 0.6 is 0 Å². The number of rotatable bonds is 8. The Labute approximate surface area is 372 Å². The molecular weight excluding hydrogens is 775 g/mol. The third kappa shape index (κ3) is 6.61. The summed E-state index contributed by atoms with van der Waals surface area (Å²) in [4.78, 5) is 2.33. The molecule has 0 aliphatic carbocycles. The first-order chi connectivity index (χ1) is 31.7.